The molecular formula is C57H105NO13. The number of aliphatic hydroxyl groups excluding tert-OH is 8. The number of nitrogens with one attached hydrogen (secondary N) is 1. The van der Waals surface area contributed by atoms with Gasteiger partial charge in [-0.25, -0.2) is 0 Å². The van der Waals surface area contributed by atoms with Gasteiger partial charge < -0.3 is 65.1 Å². The Morgan fingerprint density at radius 2 is 0.901 bits per heavy atom. The van der Waals surface area contributed by atoms with Gasteiger partial charge in [-0.05, 0) is 44.9 Å². The molecule has 0 aromatic heterocycles. The molecule has 14 nitrogen and oxygen atoms in total. The molecule has 71 heavy (non-hydrogen) atoms. The largest absolute Gasteiger partial charge is 0.394 e. The lowest BCUT2D eigenvalue weighted by Crippen LogP contribution is -2.65. The first-order valence-electron chi connectivity index (χ1n) is 28.7. The maximum atomic E-state index is 13.2. The Morgan fingerprint density at radius 3 is 1.38 bits per heavy atom. The van der Waals surface area contributed by atoms with Gasteiger partial charge in [-0.1, -0.05) is 211 Å². The normalized spacial score (nSPS) is 26.0. The zero-order chi connectivity index (χ0) is 51.7. The van der Waals surface area contributed by atoms with Crippen LogP contribution in [0.3, 0.4) is 0 Å². The van der Waals surface area contributed by atoms with Gasteiger partial charge in [0.2, 0.25) is 5.91 Å². The molecule has 14 heteroatoms. The third kappa shape index (κ3) is 29.8. The first-order valence-corrected chi connectivity index (χ1v) is 28.7. The van der Waals surface area contributed by atoms with E-state index < -0.39 is 86.8 Å². The van der Waals surface area contributed by atoms with E-state index in [9.17, 15) is 45.6 Å². The smallest absolute Gasteiger partial charge is 0.220 e. The standard InChI is InChI=1S/C57H105NO13/c1-3-5-7-9-11-13-15-17-19-21-23-24-26-28-30-32-34-36-38-40-46(61)45(58-49(62)41-39-37-35-33-31-29-27-25-22-20-18-16-14-12-10-8-6-4-2)44-68-56-54(67)52(65)55(48(43-60)70-56)71-57-53(66)51(64)50(63)47(42-59)69-57/h23-24,30,32,38,40,45-48,50-57,59-61,63-67H,3-22,25-29,31,33-37,39,41-44H2,1-2H3,(H,58,62)/b24-23+,32-30+,40-38+. The zero-order valence-corrected chi connectivity index (χ0v) is 44.5. The van der Waals surface area contributed by atoms with Crippen LogP contribution in [-0.2, 0) is 23.7 Å². The highest BCUT2D eigenvalue weighted by molar-refractivity contribution is 5.76. The number of aliphatic hydroxyl groups is 8. The van der Waals surface area contributed by atoms with Crippen LogP contribution >= 0.6 is 0 Å². The van der Waals surface area contributed by atoms with Crippen molar-refractivity contribution in [2.24, 2.45) is 0 Å². The summed E-state index contributed by atoms with van der Waals surface area (Å²) in [5.41, 5.74) is 0. The van der Waals surface area contributed by atoms with Crippen LogP contribution in [-0.4, -0.2) is 140 Å². The van der Waals surface area contributed by atoms with Crippen LogP contribution in [0, 0.1) is 0 Å². The van der Waals surface area contributed by atoms with E-state index in [1.54, 1.807) is 6.08 Å². The SMILES string of the molecule is CCCCCCCCCCC/C=C/CC/C=C/CC/C=C/C(O)C(COC1OC(CO)C(OC2OC(CO)C(O)C(O)C2O)C(O)C1O)NC(=O)CCCCCCCCCCCCCCCCCCCC. The van der Waals surface area contributed by atoms with E-state index in [-0.39, 0.29) is 18.9 Å². The molecule has 12 unspecified atom stereocenters. The summed E-state index contributed by atoms with van der Waals surface area (Å²) in [5, 5.41) is 87.0. The van der Waals surface area contributed by atoms with Gasteiger partial charge in [0, 0.05) is 6.42 Å². The molecule has 0 aliphatic carbocycles. The van der Waals surface area contributed by atoms with Crippen molar-refractivity contribution in [1.82, 2.24) is 5.32 Å². The molecule has 2 rings (SSSR count). The number of unbranched alkanes of at least 4 members (excludes halogenated alkanes) is 28. The Kier molecular flexibility index (Phi) is 40.0. The molecule has 12 atom stereocenters. The Bertz CT molecular complexity index is 1330. The lowest BCUT2D eigenvalue weighted by molar-refractivity contribution is -0.359. The van der Waals surface area contributed by atoms with Crippen molar-refractivity contribution >= 4 is 5.91 Å². The minimum atomic E-state index is -1.79. The summed E-state index contributed by atoms with van der Waals surface area (Å²) < 4.78 is 22.7. The lowest BCUT2D eigenvalue weighted by Gasteiger charge is -2.46. The van der Waals surface area contributed by atoms with Gasteiger partial charge in [-0.3, -0.25) is 4.79 Å². The number of hydrogen-bond acceptors (Lipinski definition) is 13. The topological polar surface area (TPSA) is 228 Å². The molecule has 0 saturated carbocycles. The highest BCUT2D eigenvalue weighted by Crippen LogP contribution is 2.30. The third-order valence-corrected chi connectivity index (χ3v) is 14.1. The van der Waals surface area contributed by atoms with Crippen LogP contribution in [0.5, 0.6) is 0 Å². The van der Waals surface area contributed by atoms with Crippen molar-refractivity contribution in [3.63, 3.8) is 0 Å². The second-order valence-corrected chi connectivity index (χ2v) is 20.4. The molecular weight excluding hydrogens is 907 g/mol. The molecule has 0 spiro atoms. The third-order valence-electron chi connectivity index (χ3n) is 14.1. The second-order valence-electron chi connectivity index (χ2n) is 20.4. The van der Waals surface area contributed by atoms with E-state index in [0.29, 0.717) is 12.8 Å². The van der Waals surface area contributed by atoms with Gasteiger partial charge in [-0.15, -0.1) is 0 Å². The Balaban J connectivity index is 1.82. The quantitative estimate of drug-likeness (QED) is 0.0205. The van der Waals surface area contributed by atoms with Crippen LogP contribution in [0.25, 0.3) is 0 Å². The lowest BCUT2D eigenvalue weighted by atomic mass is 9.97. The van der Waals surface area contributed by atoms with E-state index in [0.717, 1.165) is 44.9 Å². The van der Waals surface area contributed by atoms with Gasteiger partial charge in [0.05, 0.1) is 32.0 Å². The van der Waals surface area contributed by atoms with Gasteiger partial charge in [-0.2, -0.15) is 0 Å². The first kappa shape index (κ1) is 65.3. The Labute approximate surface area is 430 Å². The van der Waals surface area contributed by atoms with Gasteiger partial charge in [0.15, 0.2) is 12.6 Å². The molecule has 2 saturated heterocycles. The number of allylic oxidation sites excluding steroid dienone is 5. The van der Waals surface area contributed by atoms with Gasteiger partial charge >= 0.3 is 0 Å². The molecule has 2 aliphatic rings. The van der Waals surface area contributed by atoms with Crippen molar-refractivity contribution < 1.29 is 64.6 Å². The monoisotopic (exact) mass is 1010 g/mol. The van der Waals surface area contributed by atoms with Crippen molar-refractivity contribution in [2.45, 2.75) is 299 Å². The number of ether oxygens (including phenoxy) is 4. The van der Waals surface area contributed by atoms with E-state index >= 15 is 0 Å². The molecule has 0 aromatic carbocycles. The molecule has 2 aliphatic heterocycles. The molecule has 2 fully saturated rings. The fourth-order valence-corrected chi connectivity index (χ4v) is 9.38. The van der Waals surface area contributed by atoms with E-state index in [2.05, 4.69) is 43.5 Å². The van der Waals surface area contributed by atoms with Crippen LogP contribution in [0.4, 0.5) is 0 Å². The minimum Gasteiger partial charge on any atom is -0.394 e. The van der Waals surface area contributed by atoms with Crippen LogP contribution in [0.15, 0.2) is 36.5 Å². The molecule has 1 amide bonds. The molecule has 416 valence electrons. The molecule has 0 radical (unpaired) electrons. The fraction of sp³-hybridized carbons (Fsp3) is 0.877. The average Bonchev–Trinajstić information content (AvgIpc) is 3.37. The highest BCUT2D eigenvalue weighted by Gasteiger charge is 2.51. The van der Waals surface area contributed by atoms with Crippen LogP contribution in [0.1, 0.15) is 226 Å². The first-order chi connectivity index (χ1) is 34.6. The highest BCUT2D eigenvalue weighted by atomic mass is 16.7. The number of amides is 1. The fourth-order valence-electron chi connectivity index (χ4n) is 9.38. The predicted molar refractivity (Wildman–Crippen MR) is 281 cm³/mol. The molecule has 0 bridgehead atoms. The number of hydrogen-bond donors (Lipinski definition) is 9. The van der Waals surface area contributed by atoms with Gasteiger partial charge in [0.1, 0.15) is 48.8 Å². The maximum Gasteiger partial charge on any atom is 0.220 e. The number of carbonyl (C=O) groups is 1. The maximum absolute atomic E-state index is 13.2. The van der Waals surface area contributed by atoms with Gasteiger partial charge in [0.25, 0.3) is 0 Å². The van der Waals surface area contributed by atoms with Crippen molar-refractivity contribution in [1.29, 1.82) is 0 Å². The van der Waals surface area contributed by atoms with Crippen molar-refractivity contribution in [3.05, 3.63) is 36.5 Å². The van der Waals surface area contributed by atoms with Crippen molar-refractivity contribution in [2.75, 3.05) is 19.8 Å². The zero-order valence-electron chi connectivity index (χ0n) is 44.5. The summed E-state index contributed by atoms with van der Waals surface area (Å²) >= 11 is 0. The predicted octanol–water partition coefficient (Wildman–Crippen LogP) is 9.05. The van der Waals surface area contributed by atoms with E-state index in [1.807, 2.05) is 6.08 Å². The minimum absolute atomic E-state index is 0.251. The van der Waals surface area contributed by atoms with Crippen molar-refractivity contribution in [3.8, 4) is 0 Å². The van der Waals surface area contributed by atoms with Crippen LogP contribution in [0.2, 0.25) is 0 Å². The summed E-state index contributed by atoms with van der Waals surface area (Å²) in [4.78, 5) is 13.2. The van der Waals surface area contributed by atoms with Crippen LogP contribution < -0.4 is 5.32 Å². The summed E-state index contributed by atoms with van der Waals surface area (Å²) in [6.45, 7) is 2.78. The average molecular weight is 1010 g/mol. The summed E-state index contributed by atoms with van der Waals surface area (Å²) in [6.07, 6.45) is 34.7. The number of carbonyl (C=O) groups excluding carboxylic acids is 1. The molecule has 2 heterocycles. The number of rotatable bonds is 45. The summed E-state index contributed by atoms with van der Waals surface area (Å²) in [7, 11) is 0. The summed E-state index contributed by atoms with van der Waals surface area (Å²) in [5.74, 6) is -0.251. The Morgan fingerprint density at radius 1 is 0.493 bits per heavy atom. The summed E-state index contributed by atoms with van der Waals surface area (Å²) in [6, 6.07) is -0.934. The second kappa shape index (κ2) is 43.4. The Hall–Kier alpha value is -1.79. The molecule has 0 aromatic rings. The van der Waals surface area contributed by atoms with E-state index in [4.69, 9.17) is 18.9 Å². The molecule has 9 N–H and O–H groups in total. The van der Waals surface area contributed by atoms with E-state index in [1.165, 1.54) is 148 Å².